The van der Waals surface area contributed by atoms with Gasteiger partial charge < -0.3 is 9.42 Å². The maximum absolute atomic E-state index is 13.6. The molecule has 0 unspecified atom stereocenters. The number of anilines is 1. The lowest BCUT2D eigenvalue weighted by atomic mass is 9.91. The van der Waals surface area contributed by atoms with E-state index in [4.69, 9.17) is 4.52 Å². The van der Waals surface area contributed by atoms with Crippen LogP contribution in [0.5, 0.6) is 0 Å². The van der Waals surface area contributed by atoms with E-state index in [1.54, 1.807) is 6.07 Å². The van der Waals surface area contributed by atoms with Gasteiger partial charge in [0.15, 0.2) is 16.4 Å². The second-order valence-electron chi connectivity index (χ2n) is 6.89. The summed E-state index contributed by atoms with van der Waals surface area (Å²) in [6.45, 7) is 3.53. The fraction of sp³-hybridized carbons (Fsp3) is 0.316. The van der Waals surface area contributed by atoms with Gasteiger partial charge in [0.05, 0.1) is 5.69 Å². The Morgan fingerprint density at radius 3 is 2.71 bits per heavy atom. The van der Waals surface area contributed by atoms with E-state index in [0.29, 0.717) is 5.58 Å². The molecule has 1 aromatic carbocycles. The summed E-state index contributed by atoms with van der Waals surface area (Å²) in [5.74, 6) is 1.57. The number of fused-ring (bicyclic) bond motifs is 1. The molecule has 0 spiro atoms. The maximum atomic E-state index is 13.6. The van der Waals surface area contributed by atoms with Gasteiger partial charge in [-0.05, 0) is 61.6 Å². The van der Waals surface area contributed by atoms with Crippen molar-refractivity contribution >= 4 is 28.3 Å². The lowest BCUT2D eigenvalue weighted by Gasteiger charge is -2.31. The number of rotatable bonds is 3. The van der Waals surface area contributed by atoms with Gasteiger partial charge in [-0.15, -0.1) is 10.2 Å². The van der Waals surface area contributed by atoms with Crippen molar-refractivity contribution in [2.75, 3.05) is 18.0 Å². The lowest BCUT2D eigenvalue weighted by molar-refractivity contribution is 0.416. The zero-order chi connectivity index (χ0) is 19.1. The average molecular weight is 396 g/mol. The fourth-order valence-electron chi connectivity index (χ4n) is 3.62. The Hall–Kier alpha value is -2.94. The fourth-order valence-corrected chi connectivity index (χ4v) is 4.25. The summed E-state index contributed by atoms with van der Waals surface area (Å²) in [5.41, 5.74) is 2.22. The molecule has 0 radical (unpaired) electrons. The van der Waals surface area contributed by atoms with Crippen LogP contribution in [-0.2, 0) is 0 Å². The summed E-state index contributed by atoms with van der Waals surface area (Å²) in [6.07, 6.45) is 1.80. The third kappa shape index (κ3) is 3.11. The Morgan fingerprint density at radius 1 is 1.14 bits per heavy atom. The third-order valence-corrected chi connectivity index (χ3v) is 5.89. The van der Waals surface area contributed by atoms with Crippen molar-refractivity contribution < 1.29 is 8.91 Å². The molecule has 142 valence electrons. The summed E-state index contributed by atoms with van der Waals surface area (Å²) >= 11 is 1.32. The van der Waals surface area contributed by atoms with Crippen molar-refractivity contribution in [2.45, 2.75) is 25.7 Å². The number of hydrogen-bond donors (Lipinski definition) is 0. The standard InChI is InChI=1S/C19H17FN6OS/c1-11-21-19(28-25-11)15-3-5-17(23-22-15)26-8-6-12(7-9-26)18-14-10-13(20)2-4-16(14)27-24-18/h2-5,10,12H,6-9H2,1H3. The SMILES string of the molecule is Cc1nsc(-c2ccc(N3CCC(c4noc5ccc(F)cc45)CC3)nn2)n1. The molecule has 1 fully saturated rings. The van der Waals surface area contributed by atoms with Crippen molar-refractivity contribution in [1.29, 1.82) is 0 Å². The molecule has 5 rings (SSSR count). The van der Waals surface area contributed by atoms with E-state index < -0.39 is 0 Å². The van der Waals surface area contributed by atoms with Crippen molar-refractivity contribution in [3.8, 4) is 10.7 Å². The smallest absolute Gasteiger partial charge is 0.167 e. The number of piperidine rings is 1. The molecule has 1 saturated heterocycles. The van der Waals surface area contributed by atoms with Crippen molar-refractivity contribution in [1.82, 2.24) is 24.7 Å². The summed E-state index contributed by atoms with van der Waals surface area (Å²) in [7, 11) is 0. The third-order valence-electron chi connectivity index (χ3n) is 5.06. The monoisotopic (exact) mass is 396 g/mol. The molecule has 9 heteroatoms. The molecule has 0 atom stereocenters. The summed E-state index contributed by atoms with van der Waals surface area (Å²) in [5, 5.41) is 14.4. The molecule has 4 aromatic rings. The van der Waals surface area contributed by atoms with Crippen LogP contribution in [-0.4, -0.2) is 37.8 Å². The highest BCUT2D eigenvalue weighted by molar-refractivity contribution is 7.09. The molecule has 1 aliphatic heterocycles. The first-order valence-corrected chi connectivity index (χ1v) is 9.89. The molecule has 0 N–H and O–H groups in total. The molecule has 0 amide bonds. The van der Waals surface area contributed by atoms with Crippen LogP contribution in [0, 0.1) is 12.7 Å². The minimum absolute atomic E-state index is 0.246. The molecule has 3 aromatic heterocycles. The van der Waals surface area contributed by atoms with Gasteiger partial charge in [-0.3, -0.25) is 0 Å². The van der Waals surface area contributed by atoms with Crippen LogP contribution in [0.25, 0.3) is 21.7 Å². The van der Waals surface area contributed by atoms with Crippen LogP contribution >= 0.6 is 11.5 Å². The highest BCUT2D eigenvalue weighted by Gasteiger charge is 2.26. The molecule has 7 nitrogen and oxygen atoms in total. The van der Waals surface area contributed by atoms with Crippen molar-refractivity contribution in [2.24, 2.45) is 0 Å². The van der Waals surface area contributed by atoms with Gasteiger partial charge in [0.1, 0.15) is 17.3 Å². The van der Waals surface area contributed by atoms with E-state index in [1.807, 2.05) is 19.1 Å². The minimum atomic E-state index is -0.268. The summed E-state index contributed by atoms with van der Waals surface area (Å²) in [4.78, 5) is 6.55. The maximum Gasteiger partial charge on any atom is 0.167 e. The molecule has 1 aliphatic rings. The van der Waals surface area contributed by atoms with Gasteiger partial charge in [0.25, 0.3) is 0 Å². The van der Waals surface area contributed by atoms with Gasteiger partial charge in [0.2, 0.25) is 0 Å². The van der Waals surface area contributed by atoms with Gasteiger partial charge >= 0.3 is 0 Å². The molecular formula is C19H17FN6OS. The predicted molar refractivity (Wildman–Crippen MR) is 104 cm³/mol. The molecule has 0 bridgehead atoms. The second-order valence-corrected chi connectivity index (χ2v) is 7.64. The van der Waals surface area contributed by atoms with E-state index in [-0.39, 0.29) is 11.7 Å². The van der Waals surface area contributed by atoms with Crippen molar-refractivity contribution in [3.05, 3.63) is 47.7 Å². The average Bonchev–Trinajstić information content (AvgIpc) is 3.34. The van der Waals surface area contributed by atoms with Gasteiger partial charge in [0, 0.05) is 24.4 Å². The largest absolute Gasteiger partial charge is 0.356 e. The van der Waals surface area contributed by atoms with Crippen LogP contribution in [0.1, 0.15) is 30.3 Å². The highest BCUT2D eigenvalue weighted by Crippen LogP contribution is 2.34. The Labute approximate surface area is 164 Å². The molecule has 0 aliphatic carbocycles. The van der Waals surface area contributed by atoms with Crippen LogP contribution in [0.3, 0.4) is 0 Å². The number of hydrogen-bond acceptors (Lipinski definition) is 8. The van der Waals surface area contributed by atoms with E-state index in [2.05, 4.69) is 29.6 Å². The number of halogens is 1. The lowest BCUT2D eigenvalue weighted by Crippen LogP contribution is -2.33. The predicted octanol–water partition coefficient (Wildman–Crippen LogP) is 3.97. The molecule has 0 saturated carbocycles. The van der Waals surface area contributed by atoms with Crippen LogP contribution in [0.4, 0.5) is 10.2 Å². The first-order valence-electron chi connectivity index (χ1n) is 9.11. The summed E-state index contributed by atoms with van der Waals surface area (Å²) in [6, 6.07) is 8.44. The zero-order valence-corrected chi connectivity index (χ0v) is 16.0. The number of benzene rings is 1. The van der Waals surface area contributed by atoms with E-state index in [9.17, 15) is 4.39 Å². The quantitative estimate of drug-likeness (QED) is 0.518. The van der Waals surface area contributed by atoms with Crippen LogP contribution in [0.15, 0.2) is 34.9 Å². The topological polar surface area (TPSA) is 80.8 Å². The molecule has 4 heterocycles. The Balaban J connectivity index is 1.29. The van der Waals surface area contributed by atoms with Gasteiger partial charge in [-0.1, -0.05) is 5.16 Å². The number of nitrogens with zero attached hydrogens (tertiary/aromatic N) is 6. The normalized spacial score (nSPS) is 15.4. The number of aryl methyl sites for hydroxylation is 1. The molecule has 28 heavy (non-hydrogen) atoms. The van der Waals surface area contributed by atoms with E-state index in [0.717, 1.165) is 59.4 Å². The van der Waals surface area contributed by atoms with E-state index in [1.165, 1.54) is 23.7 Å². The Kier molecular flexibility index (Phi) is 4.23. The Morgan fingerprint density at radius 2 is 2.00 bits per heavy atom. The highest BCUT2D eigenvalue weighted by atomic mass is 32.1. The Bertz CT molecular complexity index is 1120. The first kappa shape index (κ1) is 17.2. The van der Waals surface area contributed by atoms with Crippen LogP contribution < -0.4 is 4.90 Å². The molecular weight excluding hydrogens is 379 g/mol. The van der Waals surface area contributed by atoms with Gasteiger partial charge in [-0.2, -0.15) is 4.37 Å². The first-order chi connectivity index (χ1) is 13.7. The summed E-state index contributed by atoms with van der Waals surface area (Å²) < 4.78 is 23.1. The zero-order valence-electron chi connectivity index (χ0n) is 15.2. The van der Waals surface area contributed by atoms with Gasteiger partial charge in [-0.25, -0.2) is 9.37 Å². The second kappa shape index (κ2) is 6.90. The minimum Gasteiger partial charge on any atom is -0.356 e. The van der Waals surface area contributed by atoms with Crippen LogP contribution in [0.2, 0.25) is 0 Å². The van der Waals surface area contributed by atoms with Crippen molar-refractivity contribution in [3.63, 3.8) is 0 Å². The number of aromatic nitrogens is 5. The van der Waals surface area contributed by atoms with E-state index >= 15 is 0 Å².